The van der Waals surface area contributed by atoms with Crippen LogP contribution in [0.25, 0.3) is 11.1 Å². The Kier molecular flexibility index (Phi) is 7.32. The number of carbonyl (C=O) groups is 1. The third kappa shape index (κ3) is 5.82. The van der Waals surface area contributed by atoms with Gasteiger partial charge in [0, 0.05) is 0 Å². The first-order valence-corrected chi connectivity index (χ1v) is 11.3. The second-order valence-electron chi connectivity index (χ2n) is 6.62. The zero-order valence-electron chi connectivity index (χ0n) is 16.6. The van der Waals surface area contributed by atoms with Gasteiger partial charge in [0.2, 0.25) is 0 Å². The van der Waals surface area contributed by atoms with Gasteiger partial charge in [0.15, 0.2) is 11.3 Å². The molecule has 6 nitrogen and oxygen atoms in total. The molecule has 1 amide bonds. The van der Waals surface area contributed by atoms with Crippen LogP contribution in [-0.2, 0) is 11.4 Å². The van der Waals surface area contributed by atoms with Crippen LogP contribution in [0.5, 0.6) is 5.75 Å². The zero-order valence-corrected chi connectivity index (χ0v) is 19.0. The van der Waals surface area contributed by atoms with Gasteiger partial charge < -0.3 is 9.15 Å². The molecule has 0 aliphatic heterocycles. The van der Waals surface area contributed by atoms with E-state index in [-0.39, 0.29) is 11.7 Å². The van der Waals surface area contributed by atoms with Gasteiger partial charge in [-0.05, 0) is 35.4 Å². The number of hydrogen-bond donors (Lipinski definition) is 1. The minimum absolute atomic E-state index is 0.109. The number of nitrogens with one attached hydrogen (secondary N) is 1. The van der Waals surface area contributed by atoms with E-state index in [1.54, 1.807) is 12.1 Å². The van der Waals surface area contributed by atoms with Crippen molar-refractivity contribution in [2.24, 2.45) is 5.10 Å². The Morgan fingerprint density at radius 2 is 1.81 bits per heavy atom. The van der Waals surface area contributed by atoms with E-state index in [1.807, 2.05) is 54.6 Å². The molecule has 0 radical (unpaired) electrons. The van der Waals surface area contributed by atoms with Gasteiger partial charge in [0.25, 0.3) is 11.1 Å². The van der Waals surface area contributed by atoms with Gasteiger partial charge in [-0.15, -0.1) is 0 Å². The third-order valence-electron chi connectivity index (χ3n) is 4.25. The number of amides is 1. The summed E-state index contributed by atoms with van der Waals surface area (Å²) in [5.41, 5.74) is 5.51. The maximum Gasteiger partial charge on any atom is 0.257 e. The van der Waals surface area contributed by atoms with Crippen LogP contribution in [0.2, 0.25) is 10.0 Å². The van der Waals surface area contributed by atoms with Gasteiger partial charge in [-0.2, -0.15) is 5.10 Å². The molecule has 0 aliphatic rings. The first-order valence-electron chi connectivity index (χ1n) is 9.54. The third-order valence-corrected chi connectivity index (χ3v) is 5.64. The topological polar surface area (TPSA) is 76.7 Å². The largest absolute Gasteiger partial charge is 0.486 e. The van der Waals surface area contributed by atoms with Crippen LogP contribution in [0, 0.1) is 0 Å². The molecule has 4 rings (SSSR count). The first-order chi connectivity index (χ1) is 15.6. The summed E-state index contributed by atoms with van der Waals surface area (Å²) in [5.74, 6) is 0.208. The number of benzene rings is 3. The Hall–Kier alpha value is -3.00. The maximum absolute atomic E-state index is 12.0. The molecule has 9 heteroatoms. The number of nitrogens with zero attached hydrogens (tertiary/aromatic N) is 2. The van der Waals surface area contributed by atoms with E-state index in [4.69, 9.17) is 32.4 Å². The molecule has 0 atom stereocenters. The highest BCUT2D eigenvalue weighted by atomic mass is 35.5. The standard InChI is InChI=1S/C23H17Cl2N3O3S/c24-17-10-16(11-18(25)22(17)30-13-15-6-2-1-3-7-15)12-26-28-21(29)14-32-23-27-19-8-4-5-9-20(19)31-23/h1-12H,13-14H2,(H,28,29)/b26-12-. The number of thioether (sulfide) groups is 1. The molecule has 162 valence electrons. The number of hydrogen-bond acceptors (Lipinski definition) is 6. The zero-order chi connectivity index (χ0) is 22.3. The van der Waals surface area contributed by atoms with E-state index >= 15 is 0 Å². The van der Waals surface area contributed by atoms with Crippen molar-refractivity contribution in [2.45, 2.75) is 11.8 Å². The van der Waals surface area contributed by atoms with E-state index in [0.29, 0.717) is 38.8 Å². The molecule has 0 saturated heterocycles. The molecule has 1 N–H and O–H groups in total. The Morgan fingerprint density at radius 1 is 1.09 bits per heavy atom. The Labute approximate surface area is 198 Å². The smallest absolute Gasteiger partial charge is 0.257 e. The predicted molar refractivity (Wildman–Crippen MR) is 128 cm³/mol. The van der Waals surface area contributed by atoms with Crippen molar-refractivity contribution in [3.05, 3.63) is 87.9 Å². The van der Waals surface area contributed by atoms with Crippen LogP contribution in [0.1, 0.15) is 11.1 Å². The maximum atomic E-state index is 12.0. The van der Waals surface area contributed by atoms with E-state index < -0.39 is 0 Å². The molecule has 0 bridgehead atoms. The van der Waals surface area contributed by atoms with Crippen molar-refractivity contribution in [2.75, 3.05) is 5.75 Å². The normalized spacial score (nSPS) is 11.2. The molecule has 1 aromatic heterocycles. The average molecular weight is 486 g/mol. The molecule has 4 aromatic rings. The van der Waals surface area contributed by atoms with Gasteiger partial charge in [-0.1, -0.05) is 77.4 Å². The van der Waals surface area contributed by atoms with Gasteiger partial charge in [-0.25, -0.2) is 10.4 Å². The molecule has 32 heavy (non-hydrogen) atoms. The summed E-state index contributed by atoms with van der Waals surface area (Å²) in [6.07, 6.45) is 1.46. The number of rotatable bonds is 8. The molecule has 0 unspecified atom stereocenters. The lowest BCUT2D eigenvalue weighted by molar-refractivity contribution is -0.118. The van der Waals surface area contributed by atoms with E-state index in [0.717, 1.165) is 11.1 Å². The second kappa shape index (κ2) is 10.5. The van der Waals surface area contributed by atoms with Crippen LogP contribution < -0.4 is 10.2 Å². The number of halogens is 2. The van der Waals surface area contributed by atoms with Crippen LogP contribution in [0.4, 0.5) is 0 Å². The molecule has 0 saturated carbocycles. The van der Waals surface area contributed by atoms with Crippen molar-refractivity contribution in [3.8, 4) is 5.75 Å². The van der Waals surface area contributed by atoms with Crippen LogP contribution in [-0.4, -0.2) is 22.9 Å². The highest BCUT2D eigenvalue weighted by Gasteiger charge is 2.11. The number of hydrazone groups is 1. The number of para-hydroxylation sites is 2. The lowest BCUT2D eigenvalue weighted by Crippen LogP contribution is -2.19. The number of carbonyl (C=O) groups excluding carboxylic acids is 1. The summed E-state index contributed by atoms with van der Waals surface area (Å²) in [6, 6.07) is 20.4. The number of aromatic nitrogens is 1. The molecule has 3 aromatic carbocycles. The molecule has 0 aliphatic carbocycles. The lowest BCUT2D eigenvalue weighted by Gasteiger charge is -2.11. The van der Waals surface area contributed by atoms with Gasteiger partial charge >= 0.3 is 0 Å². The fraction of sp³-hybridized carbons (Fsp3) is 0.0870. The summed E-state index contributed by atoms with van der Waals surface area (Å²) in [7, 11) is 0. The molecule has 0 fully saturated rings. The molecular formula is C23H17Cl2N3O3S. The summed E-state index contributed by atoms with van der Waals surface area (Å²) < 4.78 is 11.3. The van der Waals surface area contributed by atoms with Crippen molar-refractivity contribution >= 4 is 58.2 Å². The number of ether oxygens (including phenoxy) is 1. The monoisotopic (exact) mass is 485 g/mol. The van der Waals surface area contributed by atoms with Crippen molar-refractivity contribution in [3.63, 3.8) is 0 Å². The predicted octanol–water partition coefficient (Wildman–Crippen LogP) is 5.96. The fourth-order valence-electron chi connectivity index (χ4n) is 2.77. The lowest BCUT2D eigenvalue weighted by atomic mass is 10.2. The second-order valence-corrected chi connectivity index (χ2v) is 8.36. The van der Waals surface area contributed by atoms with Gasteiger partial charge in [-0.3, -0.25) is 4.79 Å². The Balaban J connectivity index is 1.30. The summed E-state index contributed by atoms with van der Waals surface area (Å²) in [6.45, 7) is 0.349. The average Bonchev–Trinajstić information content (AvgIpc) is 3.21. The quantitative estimate of drug-likeness (QED) is 0.189. The van der Waals surface area contributed by atoms with Crippen molar-refractivity contribution in [1.82, 2.24) is 10.4 Å². The number of oxazole rings is 1. The minimum Gasteiger partial charge on any atom is -0.486 e. The van der Waals surface area contributed by atoms with E-state index in [1.165, 1.54) is 18.0 Å². The molecule has 1 heterocycles. The van der Waals surface area contributed by atoms with Crippen LogP contribution >= 0.6 is 35.0 Å². The van der Waals surface area contributed by atoms with Crippen LogP contribution in [0.3, 0.4) is 0 Å². The summed E-state index contributed by atoms with van der Waals surface area (Å²) >= 11 is 13.8. The van der Waals surface area contributed by atoms with Gasteiger partial charge in [0.05, 0.1) is 22.0 Å². The molecular weight excluding hydrogens is 469 g/mol. The van der Waals surface area contributed by atoms with Gasteiger partial charge in [0.1, 0.15) is 12.1 Å². The van der Waals surface area contributed by atoms with Crippen molar-refractivity contribution < 1.29 is 13.9 Å². The SMILES string of the molecule is O=C(CSc1nc2ccccc2o1)N/N=C\c1cc(Cl)c(OCc2ccccc2)c(Cl)c1. The summed E-state index contributed by atoms with van der Waals surface area (Å²) in [4.78, 5) is 16.4. The highest BCUT2D eigenvalue weighted by Crippen LogP contribution is 2.34. The first kappa shape index (κ1) is 22.2. The van der Waals surface area contributed by atoms with E-state index in [2.05, 4.69) is 15.5 Å². The minimum atomic E-state index is -0.298. The Morgan fingerprint density at radius 3 is 2.56 bits per heavy atom. The highest BCUT2D eigenvalue weighted by molar-refractivity contribution is 7.99. The summed E-state index contributed by atoms with van der Waals surface area (Å²) in [5, 5.41) is 5.09. The van der Waals surface area contributed by atoms with Crippen molar-refractivity contribution in [1.29, 1.82) is 0 Å². The fourth-order valence-corrected chi connectivity index (χ4v) is 4.02. The van der Waals surface area contributed by atoms with E-state index in [9.17, 15) is 4.79 Å². The Bertz CT molecular complexity index is 1210. The van der Waals surface area contributed by atoms with Crippen LogP contribution in [0.15, 0.2) is 81.5 Å². The number of fused-ring (bicyclic) bond motifs is 1. The molecule has 0 spiro atoms.